The monoisotopic (exact) mass is 387 g/mol. The van der Waals surface area contributed by atoms with Crippen LogP contribution in [0.1, 0.15) is 17.0 Å². The third-order valence-corrected chi connectivity index (χ3v) is 4.92. The number of pyridine rings is 2. The van der Waals surface area contributed by atoms with E-state index in [1.54, 1.807) is 23.1 Å². The van der Waals surface area contributed by atoms with Crippen LogP contribution in [-0.4, -0.2) is 30.8 Å². The second-order valence-electron chi connectivity index (χ2n) is 6.03. The van der Waals surface area contributed by atoms with Gasteiger partial charge in [0.25, 0.3) is 0 Å². The van der Waals surface area contributed by atoms with Gasteiger partial charge >= 0.3 is 0 Å². The SMILES string of the molecule is CSc1nc2ccnn2c(N(Cc2ccccn2)Cc2ccccn2)c1C#N. The van der Waals surface area contributed by atoms with Gasteiger partial charge in [0.15, 0.2) is 11.5 Å². The van der Waals surface area contributed by atoms with Crippen LogP contribution >= 0.6 is 11.8 Å². The second kappa shape index (κ2) is 8.06. The van der Waals surface area contributed by atoms with E-state index in [1.807, 2.05) is 48.7 Å². The van der Waals surface area contributed by atoms with Crippen LogP contribution in [0.2, 0.25) is 0 Å². The number of fused-ring (bicyclic) bond motifs is 1. The molecule has 0 fully saturated rings. The van der Waals surface area contributed by atoms with Crippen molar-refractivity contribution in [3.05, 3.63) is 78.0 Å². The van der Waals surface area contributed by atoms with Crippen LogP contribution in [0, 0.1) is 11.3 Å². The summed E-state index contributed by atoms with van der Waals surface area (Å²) in [4.78, 5) is 15.6. The third kappa shape index (κ3) is 3.52. The molecule has 0 saturated carbocycles. The van der Waals surface area contributed by atoms with Crippen LogP contribution in [0.3, 0.4) is 0 Å². The molecule has 0 aromatic carbocycles. The first-order chi connectivity index (χ1) is 13.8. The molecule has 0 aliphatic rings. The smallest absolute Gasteiger partial charge is 0.158 e. The highest BCUT2D eigenvalue weighted by molar-refractivity contribution is 7.98. The molecule has 4 aromatic rings. The van der Waals surface area contributed by atoms with Gasteiger partial charge in [-0.25, -0.2) is 4.98 Å². The van der Waals surface area contributed by atoms with Crippen molar-refractivity contribution >= 4 is 23.2 Å². The van der Waals surface area contributed by atoms with E-state index in [2.05, 4.69) is 31.0 Å². The second-order valence-corrected chi connectivity index (χ2v) is 6.83. The van der Waals surface area contributed by atoms with Crippen LogP contribution in [0.5, 0.6) is 0 Å². The molecular weight excluding hydrogens is 370 g/mol. The minimum absolute atomic E-state index is 0.496. The molecule has 0 bridgehead atoms. The number of thioether (sulfide) groups is 1. The van der Waals surface area contributed by atoms with E-state index >= 15 is 0 Å². The van der Waals surface area contributed by atoms with Crippen LogP contribution in [-0.2, 0) is 13.1 Å². The summed E-state index contributed by atoms with van der Waals surface area (Å²) < 4.78 is 1.71. The van der Waals surface area contributed by atoms with Crippen LogP contribution in [0.4, 0.5) is 5.82 Å². The third-order valence-electron chi connectivity index (χ3n) is 4.24. The van der Waals surface area contributed by atoms with E-state index in [9.17, 15) is 5.26 Å². The van der Waals surface area contributed by atoms with Gasteiger partial charge in [-0.2, -0.15) is 14.9 Å². The average Bonchev–Trinajstić information content (AvgIpc) is 3.21. The molecule has 28 heavy (non-hydrogen) atoms. The molecule has 0 unspecified atom stereocenters. The molecule has 138 valence electrons. The number of nitrogens with zero attached hydrogens (tertiary/aromatic N) is 7. The minimum Gasteiger partial charge on any atom is -0.344 e. The van der Waals surface area contributed by atoms with E-state index in [4.69, 9.17) is 0 Å². The predicted molar refractivity (Wildman–Crippen MR) is 108 cm³/mol. The van der Waals surface area contributed by atoms with Crippen molar-refractivity contribution in [1.29, 1.82) is 5.26 Å². The Balaban J connectivity index is 1.88. The van der Waals surface area contributed by atoms with E-state index in [0.29, 0.717) is 35.1 Å². The molecule has 0 aliphatic carbocycles. The lowest BCUT2D eigenvalue weighted by molar-refractivity contribution is 0.721. The number of hydrogen-bond donors (Lipinski definition) is 0. The van der Waals surface area contributed by atoms with Crippen molar-refractivity contribution in [2.45, 2.75) is 18.1 Å². The van der Waals surface area contributed by atoms with Crippen molar-refractivity contribution in [2.24, 2.45) is 0 Å². The number of aromatic nitrogens is 5. The van der Waals surface area contributed by atoms with Gasteiger partial charge in [-0.3, -0.25) is 9.97 Å². The Morgan fingerprint density at radius 3 is 2.21 bits per heavy atom. The number of anilines is 1. The van der Waals surface area contributed by atoms with E-state index in [0.717, 1.165) is 11.4 Å². The van der Waals surface area contributed by atoms with Crippen molar-refractivity contribution in [3.63, 3.8) is 0 Å². The highest BCUT2D eigenvalue weighted by Gasteiger charge is 2.22. The molecule has 0 saturated heterocycles. The summed E-state index contributed by atoms with van der Waals surface area (Å²) in [5.74, 6) is 0.693. The first-order valence-electron chi connectivity index (χ1n) is 8.66. The quantitative estimate of drug-likeness (QED) is 0.371. The molecule has 0 amide bonds. The summed E-state index contributed by atoms with van der Waals surface area (Å²) in [6.45, 7) is 1.03. The molecular formula is C20H17N7S. The summed E-state index contributed by atoms with van der Waals surface area (Å²) in [5.41, 5.74) is 2.98. The molecule has 4 aromatic heterocycles. The van der Waals surface area contributed by atoms with Crippen molar-refractivity contribution in [2.75, 3.05) is 11.2 Å². The van der Waals surface area contributed by atoms with Gasteiger partial charge in [0, 0.05) is 18.5 Å². The molecule has 4 rings (SSSR count). The molecule has 4 heterocycles. The lowest BCUT2D eigenvalue weighted by atomic mass is 10.2. The van der Waals surface area contributed by atoms with E-state index in [-0.39, 0.29) is 0 Å². The van der Waals surface area contributed by atoms with Gasteiger partial charge in [0.1, 0.15) is 16.7 Å². The Kier molecular flexibility index (Phi) is 5.17. The maximum atomic E-state index is 9.91. The molecule has 0 atom stereocenters. The zero-order valence-corrected chi connectivity index (χ0v) is 16.0. The summed E-state index contributed by atoms with van der Waals surface area (Å²) in [6.07, 6.45) is 7.14. The summed E-state index contributed by atoms with van der Waals surface area (Å²) >= 11 is 1.45. The molecule has 0 spiro atoms. The van der Waals surface area contributed by atoms with Gasteiger partial charge < -0.3 is 4.90 Å². The normalized spacial score (nSPS) is 10.7. The predicted octanol–water partition coefficient (Wildman–Crippen LogP) is 3.32. The van der Waals surface area contributed by atoms with Crippen LogP contribution in [0.15, 0.2) is 66.1 Å². The van der Waals surface area contributed by atoms with Crippen LogP contribution < -0.4 is 4.90 Å². The van der Waals surface area contributed by atoms with E-state index in [1.165, 1.54) is 11.8 Å². The Bertz CT molecular complexity index is 1080. The molecule has 7 nitrogen and oxygen atoms in total. The number of rotatable bonds is 6. The van der Waals surface area contributed by atoms with Gasteiger partial charge in [-0.15, -0.1) is 11.8 Å². The fourth-order valence-electron chi connectivity index (χ4n) is 3.02. The fourth-order valence-corrected chi connectivity index (χ4v) is 3.55. The molecule has 0 radical (unpaired) electrons. The maximum Gasteiger partial charge on any atom is 0.158 e. The first kappa shape index (κ1) is 17.9. The lowest BCUT2D eigenvalue weighted by Gasteiger charge is -2.26. The highest BCUT2D eigenvalue weighted by Crippen LogP contribution is 2.30. The van der Waals surface area contributed by atoms with Crippen molar-refractivity contribution < 1.29 is 0 Å². The zero-order valence-electron chi connectivity index (χ0n) is 15.2. The summed E-state index contributed by atoms with van der Waals surface area (Å²) in [5, 5.41) is 15.0. The maximum absolute atomic E-state index is 9.91. The summed E-state index contributed by atoms with van der Waals surface area (Å²) in [6, 6.07) is 15.8. The van der Waals surface area contributed by atoms with Gasteiger partial charge in [-0.05, 0) is 30.5 Å². The van der Waals surface area contributed by atoms with Crippen molar-refractivity contribution in [1.82, 2.24) is 24.6 Å². The van der Waals surface area contributed by atoms with Gasteiger partial charge in [-0.1, -0.05) is 12.1 Å². The lowest BCUT2D eigenvalue weighted by Crippen LogP contribution is -2.27. The minimum atomic E-state index is 0.496. The van der Waals surface area contributed by atoms with E-state index < -0.39 is 0 Å². The Labute approximate surface area is 166 Å². The first-order valence-corrected chi connectivity index (χ1v) is 9.89. The topological polar surface area (TPSA) is 83.0 Å². The average molecular weight is 387 g/mol. The molecule has 8 heteroatoms. The molecule has 0 aliphatic heterocycles. The summed E-state index contributed by atoms with van der Waals surface area (Å²) in [7, 11) is 0. The largest absolute Gasteiger partial charge is 0.344 e. The fraction of sp³-hybridized carbons (Fsp3) is 0.150. The van der Waals surface area contributed by atoms with Gasteiger partial charge in [0.2, 0.25) is 0 Å². The molecule has 0 N–H and O–H groups in total. The zero-order chi connectivity index (χ0) is 19.3. The Morgan fingerprint density at radius 2 is 1.68 bits per heavy atom. The number of hydrogen-bond acceptors (Lipinski definition) is 7. The van der Waals surface area contributed by atoms with Crippen LogP contribution in [0.25, 0.3) is 5.65 Å². The van der Waals surface area contributed by atoms with Gasteiger partial charge in [0.05, 0.1) is 30.7 Å². The highest BCUT2D eigenvalue weighted by atomic mass is 32.2. The Morgan fingerprint density at radius 1 is 1.00 bits per heavy atom. The standard InChI is InChI=1S/C20H17N7S/c1-28-19-17(12-21)20(27-18(25-19)8-11-24-27)26(13-15-6-2-4-9-22-15)14-16-7-3-5-10-23-16/h2-11H,13-14H2,1H3. The Hall–Kier alpha value is -3.44. The van der Waals surface area contributed by atoms with Crippen molar-refractivity contribution in [3.8, 4) is 6.07 Å². The number of nitriles is 1.